The summed E-state index contributed by atoms with van der Waals surface area (Å²) in [7, 11) is 0. The van der Waals surface area contributed by atoms with E-state index in [9.17, 15) is 4.39 Å². The Hall–Kier alpha value is -0.890. The Labute approximate surface area is 168 Å². The van der Waals surface area contributed by atoms with Crippen LogP contribution in [-0.2, 0) is 11.2 Å². The third kappa shape index (κ3) is 9.39. The second kappa shape index (κ2) is 12.5. The van der Waals surface area contributed by atoms with Gasteiger partial charge in [-0.1, -0.05) is 6.07 Å². The average molecular weight is 463 g/mol. The van der Waals surface area contributed by atoms with Crippen LogP contribution in [0, 0.1) is 18.7 Å². The van der Waals surface area contributed by atoms with Crippen molar-refractivity contribution < 1.29 is 9.13 Å². The van der Waals surface area contributed by atoms with Crippen LogP contribution in [0.2, 0.25) is 0 Å². The quantitative estimate of drug-likeness (QED) is 0.241. The molecule has 2 N–H and O–H groups in total. The summed E-state index contributed by atoms with van der Waals surface area (Å²) in [5, 5.41) is 6.58. The molecule has 4 nitrogen and oxygen atoms in total. The van der Waals surface area contributed by atoms with Gasteiger partial charge in [0.05, 0.1) is 0 Å². The fourth-order valence-electron chi connectivity index (χ4n) is 2.49. The van der Waals surface area contributed by atoms with Crippen LogP contribution in [0.5, 0.6) is 0 Å². The molecule has 0 unspecified atom stereocenters. The normalized spacial score (nSPS) is 14.1. The molecular weight excluding hydrogens is 432 g/mol. The lowest BCUT2D eigenvalue weighted by molar-refractivity contribution is 0.123. The fraction of sp³-hybridized carbons (Fsp3) is 0.632. The summed E-state index contributed by atoms with van der Waals surface area (Å²) in [6.07, 6.45) is 4.46. The zero-order valence-corrected chi connectivity index (χ0v) is 17.6. The minimum absolute atomic E-state index is 0. The molecule has 0 atom stereocenters. The topological polar surface area (TPSA) is 45.7 Å². The molecule has 1 aromatic rings. The maximum absolute atomic E-state index is 13.1. The number of hydrogen-bond acceptors (Lipinski definition) is 2. The molecule has 0 aromatic heterocycles. The lowest BCUT2D eigenvalue weighted by Gasteiger charge is -2.12. The Bertz CT molecular complexity index is 535. The highest BCUT2D eigenvalue weighted by atomic mass is 127. The second-order valence-corrected chi connectivity index (χ2v) is 6.38. The number of halogens is 2. The Morgan fingerprint density at radius 3 is 2.80 bits per heavy atom. The van der Waals surface area contributed by atoms with E-state index in [-0.39, 0.29) is 29.8 Å². The van der Waals surface area contributed by atoms with E-state index in [4.69, 9.17) is 4.74 Å². The van der Waals surface area contributed by atoms with Crippen LogP contribution in [-0.4, -0.2) is 38.8 Å². The molecule has 1 aliphatic carbocycles. The van der Waals surface area contributed by atoms with Gasteiger partial charge in [0.25, 0.3) is 0 Å². The highest BCUT2D eigenvalue weighted by Crippen LogP contribution is 2.28. The summed E-state index contributed by atoms with van der Waals surface area (Å²) >= 11 is 0. The van der Waals surface area contributed by atoms with Gasteiger partial charge in [-0.15, -0.1) is 24.0 Å². The van der Waals surface area contributed by atoms with Gasteiger partial charge in [-0.3, -0.25) is 4.99 Å². The summed E-state index contributed by atoms with van der Waals surface area (Å²) in [4.78, 5) is 4.57. The van der Waals surface area contributed by atoms with Crippen molar-refractivity contribution in [3.05, 3.63) is 35.1 Å². The highest BCUT2D eigenvalue weighted by Gasteiger charge is 2.20. The number of hydrogen-bond donors (Lipinski definition) is 2. The van der Waals surface area contributed by atoms with Crippen molar-refractivity contribution >= 4 is 29.9 Å². The van der Waals surface area contributed by atoms with E-state index in [1.54, 1.807) is 6.07 Å². The largest absolute Gasteiger partial charge is 0.381 e. The van der Waals surface area contributed by atoms with E-state index >= 15 is 0 Å². The molecule has 0 heterocycles. The third-order valence-electron chi connectivity index (χ3n) is 4.10. The molecule has 6 heteroatoms. The summed E-state index contributed by atoms with van der Waals surface area (Å²) in [5.74, 6) is 1.48. The van der Waals surface area contributed by atoms with Crippen molar-refractivity contribution in [1.29, 1.82) is 0 Å². The van der Waals surface area contributed by atoms with Crippen LogP contribution < -0.4 is 10.6 Å². The number of aryl methyl sites for hydroxylation is 1. The van der Waals surface area contributed by atoms with E-state index in [0.29, 0.717) is 0 Å². The average Bonchev–Trinajstić information content (AvgIpc) is 3.37. The van der Waals surface area contributed by atoms with Gasteiger partial charge in [0, 0.05) is 32.8 Å². The first-order chi connectivity index (χ1) is 11.7. The minimum atomic E-state index is -0.178. The lowest BCUT2D eigenvalue weighted by atomic mass is 10.1. The highest BCUT2D eigenvalue weighted by molar-refractivity contribution is 14.0. The molecule has 1 aliphatic rings. The van der Waals surface area contributed by atoms with Gasteiger partial charge in [0.2, 0.25) is 0 Å². The van der Waals surface area contributed by atoms with Crippen LogP contribution in [0.1, 0.15) is 37.3 Å². The van der Waals surface area contributed by atoms with Crippen LogP contribution in [0.25, 0.3) is 0 Å². The van der Waals surface area contributed by atoms with Crippen LogP contribution in [0.3, 0.4) is 0 Å². The molecule has 0 aliphatic heterocycles. The smallest absolute Gasteiger partial charge is 0.191 e. The number of nitrogens with one attached hydrogen (secondary N) is 2. The molecule has 0 radical (unpaired) electrons. The Balaban J connectivity index is 0.00000312. The summed E-state index contributed by atoms with van der Waals surface area (Å²) in [6, 6.07) is 4.95. The maximum Gasteiger partial charge on any atom is 0.191 e. The number of nitrogens with zero attached hydrogens (tertiary/aromatic N) is 1. The Kier molecular flexibility index (Phi) is 11.0. The van der Waals surface area contributed by atoms with E-state index in [2.05, 4.69) is 22.5 Å². The number of guanidine groups is 1. The Morgan fingerprint density at radius 1 is 1.32 bits per heavy atom. The maximum atomic E-state index is 13.1. The first kappa shape index (κ1) is 22.2. The summed E-state index contributed by atoms with van der Waals surface area (Å²) in [6.45, 7) is 8.07. The standard InChI is InChI=1S/C19H30FN3O.HI/c1-3-21-19(22-10-4-12-24-14-16-5-6-16)23-11-9-17-7-8-18(20)13-15(17)2;/h7-8,13,16H,3-6,9-12,14H2,1-2H3,(H2,21,22,23);1H. The van der Waals surface area contributed by atoms with Crippen molar-refractivity contribution in [2.24, 2.45) is 10.9 Å². The zero-order chi connectivity index (χ0) is 17.2. The van der Waals surface area contributed by atoms with Gasteiger partial charge in [0.15, 0.2) is 5.96 Å². The van der Waals surface area contributed by atoms with Crippen molar-refractivity contribution in [3.8, 4) is 0 Å². The molecule has 1 aromatic carbocycles. The molecule has 0 saturated heterocycles. The van der Waals surface area contributed by atoms with Crippen molar-refractivity contribution in [2.75, 3.05) is 32.8 Å². The van der Waals surface area contributed by atoms with Gasteiger partial charge in [0.1, 0.15) is 5.82 Å². The zero-order valence-electron chi connectivity index (χ0n) is 15.3. The lowest BCUT2D eigenvalue weighted by Crippen LogP contribution is -2.38. The molecule has 0 bridgehead atoms. The SMILES string of the molecule is CCNC(=NCCCOCC1CC1)NCCc1ccc(F)cc1C.I. The molecule has 25 heavy (non-hydrogen) atoms. The summed E-state index contributed by atoms with van der Waals surface area (Å²) < 4.78 is 18.7. The fourth-order valence-corrected chi connectivity index (χ4v) is 2.49. The van der Waals surface area contributed by atoms with E-state index in [1.165, 1.54) is 18.9 Å². The van der Waals surface area contributed by atoms with Gasteiger partial charge < -0.3 is 15.4 Å². The molecular formula is C19H31FIN3O. The van der Waals surface area contributed by atoms with Crippen LogP contribution in [0.15, 0.2) is 23.2 Å². The number of aliphatic imine (C=N–C) groups is 1. The van der Waals surface area contributed by atoms with Gasteiger partial charge in [-0.05, 0) is 68.7 Å². The van der Waals surface area contributed by atoms with Gasteiger partial charge in [-0.2, -0.15) is 0 Å². The Morgan fingerprint density at radius 2 is 2.12 bits per heavy atom. The molecule has 1 fully saturated rings. The molecule has 2 rings (SSSR count). The first-order valence-electron chi connectivity index (χ1n) is 9.04. The van der Waals surface area contributed by atoms with Crippen molar-refractivity contribution in [2.45, 2.75) is 39.5 Å². The number of rotatable bonds is 10. The van der Waals surface area contributed by atoms with Crippen LogP contribution >= 0.6 is 24.0 Å². The van der Waals surface area contributed by atoms with Gasteiger partial charge >= 0.3 is 0 Å². The van der Waals surface area contributed by atoms with Crippen molar-refractivity contribution in [3.63, 3.8) is 0 Å². The van der Waals surface area contributed by atoms with E-state index in [1.807, 2.05) is 13.0 Å². The first-order valence-corrected chi connectivity index (χ1v) is 9.04. The van der Waals surface area contributed by atoms with Crippen LogP contribution in [0.4, 0.5) is 4.39 Å². The van der Waals surface area contributed by atoms with Gasteiger partial charge in [-0.25, -0.2) is 4.39 Å². The molecule has 142 valence electrons. The van der Waals surface area contributed by atoms with E-state index in [0.717, 1.165) is 68.7 Å². The molecule has 0 spiro atoms. The number of ether oxygens (including phenoxy) is 1. The third-order valence-corrected chi connectivity index (χ3v) is 4.10. The minimum Gasteiger partial charge on any atom is -0.381 e. The number of benzene rings is 1. The van der Waals surface area contributed by atoms with Crippen molar-refractivity contribution in [1.82, 2.24) is 10.6 Å². The predicted octanol–water partition coefficient (Wildman–Crippen LogP) is 3.67. The molecule has 1 saturated carbocycles. The molecule has 0 amide bonds. The second-order valence-electron chi connectivity index (χ2n) is 6.38. The van der Waals surface area contributed by atoms with E-state index < -0.39 is 0 Å². The summed E-state index contributed by atoms with van der Waals surface area (Å²) in [5.41, 5.74) is 2.15. The predicted molar refractivity (Wildman–Crippen MR) is 112 cm³/mol. The monoisotopic (exact) mass is 463 g/mol.